The topological polar surface area (TPSA) is 61.8 Å². The highest BCUT2D eigenvalue weighted by molar-refractivity contribution is 8.13. The Bertz CT molecular complexity index is 261. The van der Waals surface area contributed by atoms with Crippen molar-refractivity contribution in [3.63, 3.8) is 0 Å². The quantitative estimate of drug-likeness (QED) is 0.479. The van der Waals surface area contributed by atoms with E-state index >= 15 is 0 Å². The number of hydrogen-bond acceptors (Lipinski definition) is 6. The van der Waals surface area contributed by atoms with E-state index in [9.17, 15) is 9.36 Å². The predicted octanol–water partition coefficient (Wildman–Crippen LogP) is 3.10. The highest BCUT2D eigenvalue weighted by Gasteiger charge is 2.21. The molecule has 0 aliphatic rings. The molecule has 0 saturated heterocycles. The van der Waals surface area contributed by atoms with E-state index < -0.39 is 7.82 Å². The molecular weight excluding hydrogens is 263 g/mol. The van der Waals surface area contributed by atoms with Crippen molar-refractivity contribution in [2.24, 2.45) is 5.92 Å². The van der Waals surface area contributed by atoms with E-state index in [1.165, 1.54) is 26.0 Å². The first kappa shape index (κ1) is 17.1. The van der Waals surface area contributed by atoms with Gasteiger partial charge in [0.2, 0.25) is 0 Å². The van der Waals surface area contributed by atoms with Gasteiger partial charge >= 0.3 is 7.82 Å². The van der Waals surface area contributed by atoms with Crippen molar-refractivity contribution < 1.29 is 22.9 Å². The highest BCUT2D eigenvalue weighted by Crippen LogP contribution is 2.47. The molecule has 0 aromatic heterocycles. The van der Waals surface area contributed by atoms with Crippen LogP contribution in [0.15, 0.2) is 0 Å². The molecule has 102 valence electrons. The van der Waals surface area contributed by atoms with Crippen LogP contribution in [0.25, 0.3) is 0 Å². The fourth-order valence-electron chi connectivity index (χ4n) is 0.900. The minimum atomic E-state index is -3.34. The summed E-state index contributed by atoms with van der Waals surface area (Å²) in [7, 11) is -0.780. The van der Waals surface area contributed by atoms with Crippen molar-refractivity contribution in [3.8, 4) is 0 Å². The Morgan fingerprint density at radius 2 is 1.82 bits per heavy atom. The van der Waals surface area contributed by atoms with Gasteiger partial charge in [-0.15, -0.1) is 0 Å². The van der Waals surface area contributed by atoms with Gasteiger partial charge in [0.15, 0.2) is 5.12 Å². The number of hydrogen-bond donors (Lipinski definition) is 0. The molecule has 5 nitrogen and oxygen atoms in total. The van der Waals surface area contributed by atoms with Crippen LogP contribution in [0, 0.1) is 5.92 Å². The van der Waals surface area contributed by atoms with Gasteiger partial charge in [0.05, 0.1) is 6.61 Å². The van der Waals surface area contributed by atoms with Crippen molar-refractivity contribution in [1.29, 1.82) is 0 Å². The van der Waals surface area contributed by atoms with Crippen LogP contribution in [0.3, 0.4) is 0 Å². The number of phosphoric acid groups is 1. The third kappa shape index (κ3) is 7.95. The molecule has 0 unspecified atom stereocenters. The summed E-state index contributed by atoms with van der Waals surface area (Å²) in [5.41, 5.74) is 0. The average molecular weight is 284 g/mol. The summed E-state index contributed by atoms with van der Waals surface area (Å²) >= 11 is 1.33. The maximum Gasteiger partial charge on any atom is 0.474 e. The zero-order valence-electron chi connectivity index (χ0n) is 10.8. The summed E-state index contributed by atoms with van der Waals surface area (Å²) in [6, 6.07) is 0. The second-order valence-electron chi connectivity index (χ2n) is 3.67. The molecule has 0 rings (SSSR count). The third-order valence-electron chi connectivity index (χ3n) is 1.95. The molecule has 0 aliphatic heterocycles. The lowest BCUT2D eigenvalue weighted by molar-refractivity contribution is -0.113. The normalized spacial score (nSPS) is 12.1. The van der Waals surface area contributed by atoms with Gasteiger partial charge in [0.1, 0.15) is 0 Å². The number of carbonyl (C=O) groups is 1. The monoisotopic (exact) mass is 284 g/mol. The molecule has 0 bridgehead atoms. The van der Waals surface area contributed by atoms with Crippen LogP contribution in [0.2, 0.25) is 0 Å². The molecule has 0 aliphatic carbocycles. The van der Waals surface area contributed by atoms with Crippen molar-refractivity contribution in [1.82, 2.24) is 0 Å². The van der Waals surface area contributed by atoms with Gasteiger partial charge < -0.3 is 0 Å². The molecule has 7 heteroatoms. The van der Waals surface area contributed by atoms with E-state index in [4.69, 9.17) is 4.52 Å². The Kier molecular flexibility index (Phi) is 9.18. The first-order valence-corrected chi connectivity index (χ1v) is 7.92. The molecule has 0 heterocycles. The van der Waals surface area contributed by atoms with Crippen molar-refractivity contribution >= 4 is 24.7 Å². The van der Waals surface area contributed by atoms with Crippen molar-refractivity contribution in [2.45, 2.75) is 26.7 Å². The minimum absolute atomic E-state index is 0.0680. The molecule has 0 N–H and O–H groups in total. The van der Waals surface area contributed by atoms with Crippen LogP contribution in [0.4, 0.5) is 0 Å². The number of phosphoric ester groups is 1. The average Bonchev–Trinajstić information content (AvgIpc) is 2.32. The SMILES string of the molecule is COP(=O)(OC)OCCCCSC(=O)C(C)C. The van der Waals surface area contributed by atoms with E-state index in [-0.39, 0.29) is 11.0 Å². The number of carbonyl (C=O) groups excluding carboxylic acids is 1. The van der Waals surface area contributed by atoms with Crippen LogP contribution in [0.1, 0.15) is 26.7 Å². The summed E-state index contributed by atoms with van der Waals surface area (Å²) in [6.45, 7) is 4.06. The Balaban J connectivity index is 3.53. The molecule has 17 heavy (non-hydrogen) atoms. The Hall–Kier alpha value is 0.130. The van der Waals surface area contributed by atoms with Crippen LogP contribution in [0.5, 0.6) is 0 Å². The van der Waals surface area contributed by atoms with Gasteiger partial charge in [-0.25, -0.2) is 4.57 Å². The lowest BCUT2D eigenvalue weighted by Gasteiger charge is -2.12. The van der Waals surface area contributed by atoms with Gasteiger partial charge in [-0.2, -0.15) is 0 Å². The Labute approximate surface area is 107 Å². The minimum Gasteiger partial charge on any atom is -0.290 e. The second kappa shape index (κ2) is 9.11. The van der Waals surface area contributed by atoms with Crippen molar-refractivity contribution in [3.05, 3.63) is 0 Å². The number of rotatable bonds is 9. The first-order valence-electron chi connectivity index (χ1n) is 5.48. The van der Waals surface area contributed by atoms with Crippen molar-refractivity contribution in [2.75, 3.05) is 26.6 Å². The zero-order valence-corrected chi connectivity index (χ0v) is 12.5. The standard InChI is InChI=1S/C10H21O5PS/c1-9(2)10(11)17-8-6-5-7-15-16(12,13-3)14-4/h9H,5-8H2,1-4H3. The van der Waals surface area contributed by atoms with Crippen LogP contribution in [-0.2, 0) is 22.9 Å². The summed E-state index contributed by atoms with van der Waals surface area (Å²) < 4.78 is 25.7. The van der Waals surface area contributed by atoms with Gasteiger partial charge in [0, 0.05) is 25.9 Å². The molecule has 0 amide bonds. The maximum absolute atomic E-state index is 11.5. The largest absolute Gasteiger partial charge is 0.474 e. The Morgan fingerprint density at radius 1 is 1.24 bits per heavy atom. The van der Waals surface area contributed by atoms with E-state index in [1.807, 2.05) is 13.8 Å². The number of thioether (sulfide) groups is 1. The van der Waals surface area contributed by atoms with Crippen LogP contribution in [-0.4, -0.2) is 31.7 Å². The van der Waals surface area contributed by atoms with E-state index in [1.54, 1.807) is 0 Å². The summed E-state index contributed by atoms with van der Waals surface area (Å²) in [6.07, 6.45) is 1.55. The first-order chi connectivity index (χ1) is 7.95. The van der Waals surface area contributed by atoms with E-state index in [0.29, 0.717) is 6.61 Å². The Morgan fingerprint density at radius 3 is 2.29 bits per heavy atom. The van der Waals surface area contributed by atoms with Crippen LogP contribution < -0.4 is 0 Å². The fraction of sp³-hybridized carbons (Fsp3) is 0.900. The third-order valence-corrected chi connectivity index (χ3v) is 4.59. The summed E-state index contributed by atoms with van der Waals surface area (Å²) in [4.78, 5) is 11.3. The lowest BCUT2D eigenvalue weighted by atomic mass is 10.3. The van der Waals surface area contributed by atoms with Gasteiger partial charge in [0.25, 0.3) is 0 Å². The second-order valence-corrected chi connectivity index (χ2v) is 6.66. The van der Waals surface area contributed by atoms with Gasteiger partial charge in [-0.3, -0.25) is 18.4 Å². The molecule has 0 saturated carbocycles. The lowest BCUT2D eigenvalue weighted by Crippen LogP contribution is -2.03. The molecule has 0 aromatic carbocycles. The van der Waals surface area contributed by atoms with Gasteiger partial charge in [-0.05, 0) is 12.8 Å². The number of unbranched alkanes of at least 4 members (excludes halogenated alkanes) is 1. The van der Waals surface area contributed by atoms with Gasteiger partial charge in [-0.1, -0.05) is 25.6 Å². The van der Waals surface area contributed by atoms with Crippen LogP contribution >= 0.6 is 19.6 Å². The maximum atomic E-state index is 11.5. The highest BCUT2D eigenvalue weighted by atomic mass is 32.2. The van der Waals surface area contributed by atoms with E-state index in [2.05, 4.69) is 9.05 Å². The smallest absolute Gasteiger partial charge is 0.290 e. The fourth-order valence-corrected chi connectivity index (χ4v) is 2.50. The molecule has 0 spiro atoms. The predicted molar refractivity (Wildman–Crippen MR) is 69.1 cm³/mol. The zero-order chi connectivity index (χ0) is 13.3. The van der Waals surface area contributed by atoms with E-state index in [0.717, 1.165) is 18.6 Å². The molecule has 0 fully saturated rings. The summed E-state index contributed by atoms with van der Waals surface area (Å²) in [5, 5.41) is 0.199. The summed E-state index contributed by atoms with van der Waals surface area (Å²) in [5.74, 6) is 0.823. The molecule has 0 radical (unpaired) electrons. The molecule has 0 atom stereocenters. The molecular formula is C10H21O5PS. The molecule has 0 aromatic rings.